The van der Waals surface area contributed by atoms with Crippen LogP contribution in [0.25, 0.3) is 0 Å². The lowest BCUT2D eigenvalue weighted by Crippen LogP contribution is -2.35. The molecule has 168 valence electrons. The first-order valence-electron chi connectivity index (χ1n) is 10.8. The molecule has 0 spiro atoms. The highest BCUT2D eigenvalue weighted by atomic mass is 32.2. The molecule has 1 saturated heterocycles. The summed E-state index contributed by atoms with van der Waals surface area (Å²) in [5, 5.41) is 0.651. The van der Waals surface area contributed by atoms with E-state index in [1.54, 1.807) is 12.1 Å². The highest BCUT2D eigenvalue weighted by molar-refractivity contribution is 7.99. The van der Waals surface area contributed by atoms with E-state index in [2.05, 4.69) is 36.2 Å². The van der Waals surface area contributed by atoms with Crippen LogP contribution < -0.4 is 0 Å². The molecule has 1 aliphatic rings. The van der Waals surface area contributed by atoms with Gasteiger partial charge in [-0.25, -0.2) is 13.4 Å². The molecule has 1 aromatic carbocycles. The van der Waals surface area contributed by atoms with Gasteiger partial charge in [-0.1, -0.05) is 54.9 Å². The minimum Gasteiger partial charge on any atom is -0.338 e. The number of pyridine rings is 1. The molecule has 0 saturated carbocycles. The zero-order valence-corrected chi connectivity index (χ0v) is 19.9. The third-order valence-electron chi connectivity index (χ3n) is 5.35. The number of aryl methyl sites for hydroxylation is 1. The summed E-state index contributed by atoms with van der Waals surface area (Å²) in [5.74, 6) is 0.330. The maximum Gasteiger partial charge on any atom is 0.244 e. The highest BCUT2D eigenvalue weighted by Crippen LogP contribution is 2.23. The van der Waals surface area contributed by atoms with Gasteiger partial charge in [0.25, 0.3) is 0 Å². The Balaban J connectivity index is 1.58. The Morgan fingerprint density at radius 1 is 1.10 bits per heavy atom. The number of rotatable bonds is 9. The summed E-state index contributed by atoms with van der Waals surface area (Å²) < 4.78 is 27.0. The average molecular weight is 462 g/mol. The molecular weight excluding hydrogens is 430 g/mol. The molecular formula is C23H31N3O3S2. The van der Waals surface area contributed by atoms with Crippen LogP contribution in [0.1, 0.15) is 43.7 Å². The Hall–Kier alpha value is -1.90. The first-order chi connectivity index (χ1) is 14.9. The van der Waals surface area contributed by atoms with Crippen molar-refractivity contribution in [2.45, 2.75) is 56.0 Å². The zero-order chi connectivity index (χ0) is 22.3. The predicted octanol–water partition coefficient (Wildman–Crippen LogP) is 4.10. The van der Waals surface area contributed by atoms with Crippen molar-refractivity contribution in [3.8, 4) is 0 Å². The molecule has 3 rings (SSSR count). The summed E-state index contributed by atoms with van der Waals surface area (Å²) in [5.41, 5.74) is 2.31. The Morgan fingerprint density at radius 2 is 1.81 bits per heavy atom. The van der Waals surface area contributed by atoms with E-state index >= 15 is 0 Å². The molecule has 1 amide bonds. The molecule has 0 radical (unpaired) electrons. The Labute approximate surface area is 190 Å². The van der Waals surface area contributed by atoms with Gasteiger partial charge in [0.2, 0.25) is 15.9 Å². The average Bonchev–Trinajstić information content (AvgIpc) is 2.79. The van der Waals surface area contributed by atoms with Gasteiger partial charge in [-0.15, -0.1) is 0 Å². The van der Waals surface area contributed by atoms with Gasteiger partial charge in [0.05, 0.1) is 10.8 Å². The first kappa shape index (κ1) is 23.8. The van der Waals surface area contributed by atoms with Crippen LogP contribution >= 0.6 is 11.8 Å². The van der Waals surface area contributed by atoms with Crippen LogP contribution in [-0.2, 0) is 21.4 Å². The SMILES string of the molecule is CCCN(Cc1ccc(C)cc1)C(=O)CSc1ccc(S(=O)(=O)N2CCCCC2)cn1. The maximum absolute atomic E-state index is 12.8. The minimum atomic E-state index is -3.48. The summed E-state index contributed by atoms with van der Waals surface area (Å²) in [7, 11) is -3.48. The van der Waals surface area contributed by atoms with Crippen molar-refractivity contribution >= 4 is 27.7 Å². The van der Waals surface area contributed by atoms with E-state index < -0.39 is 10.0 Å². The van der Waals surface area contributed by atoms with Crippen molar-refractivity contribution in [1.29, 1.82) is 0 Å². The van der Waals surface area contributed by atoms with E-state index in [1.165, 1.54) is 27.8 Å². The number of benzene rings is 1. The van der Waals surface area contributed by atoms with E-state index in [9.17, 15) is 13.2 Å². The topological polar surface area (TPSA) is 70.6 Å². The van der Waals surface area contributed by atoms with Crippen molar-refractivity contribution in [3.63, 3.8) is 0 Å². The number of hydrogen-bond donors (Lipinski definition) is 0. The van der Waals surface area contributed by atoms with Crippen LogP contribution in [0.15, 0.2) is 52.5 Å². The van der Waals surface area contributed by atoms with Gasteiger partial charge >= 0.3 is 0 Å². The van der Waals surface area contributed by atoms with E-state index in [0.29, 0.717) is 31.2 Å². The summed E-state index contributed by atoms with van der Waals surface area (Å²) in [6.07, 6.45) is 5.18. The lowest BCUT2D eigenvalue weighted by Gasteiger charge is -2.25. The second kappa shape index (κ2) is 11.1. The van der Waals surface area contributed by atoms with Crippen LogP contribution in [-0.4, -0.2) is 53.9 Å². The largest absolute Gasteiger partial charge is 0.338 e. The molecule has 6 nitrogen and oxygen atoms in total. The lowest BCUT2D eigenvalue weighted by atomic mass is 10.1. The molecule has 0 unspecified atom stereocenters. The molecule has 8 heteroatoms. The number of piperidine rings is 1. The zero-order valence-electron chi connectivity index (χ0n) is 18.3. The molecule has 0 atom stereocenters. The van der Waals surface area contributed by atoms with Crippen molar-refractivity contribution in [3.05, 3.63) is 53.7 Å². The van der Waals surface area contributed by atoms with Gasteiger partial charge in [0.1, 0.15) is 4.90 Å². The van der Waals surface area contributed by atoms with Gasteiger partial charge in [-0.05, 0) is 43.9 Å². The van der Waals surface area contributed by atoms with Gasteiger partial charge in [0.15, 0.2) is 0 Å². The third-order valence-corrected chi connectivity index (χ3v) is 8.16. The molecule has 2 heterocycles. The monoisotopic (exact) mass is 461 g/mol. The van der Waals surface area contributed by atoms with Crippen LogP contribution in [0.2, 0.25) is 0 Å². The standard InChI is InChI=1S/C23H31N3O3S2/c1-3-13-25(17-20-9-7-19(2)8-10-20)23(27)18-30-22-12-11-21(16-24-22)31(28,29)26-14-5-4-6-15-26/h7-12,16H,3-6,13-15,17-18H2,1-2H3. The van der Waals surface area contributed by atoms with Crippen LogP contribution in [0, 0.1) is 6.92 Å². The molecule has 1 aromatic heterocycles. The quantitative estimate of drug-likeness (QED) is 0.526. The summed E-state index contributed by atoms with van der Waals surface area (Å²) >= 11 is 1.34. The van der Waals surface area contributed by atoms with Crippen molar-refractivity contribution in [1.82, 2.24) is 14.2 Å². The molecule has 2 aromatic rings. The normalized spacial score (nSPS) is 15.0. The summed E-state index contributed by atoms with van der Waals surface area (Å²) in [6, 6.07) is 11.5. The molecule has 0 bridgehead atoms. The maximum atomic E-state index is 12.8. The molecule has 0 aliphatic carbocycles. The van der Waals surface area contributed by atoms with Crippen molar-refractivity contribution in [2.24, 2.45) is 0 Å². The fourth-order valence-electron chi connectivity index (χ4n) is 3.56. The fraction of sp³-hybridized carbons (Fsp3) is 0.478. The Kier molecular flexibility index (Phi) is 8.51. The first-order valence-corrected chi connectivity index (χ1v) is 13.2. The van der Waals surface area contributed by atoms with Crippen LogP contribution in [0.4, 0.5) is 0 Å². The number of nitrogens with zero attached hydrogens (tertiary/aromatic N) is 3. The second-order valence-electron chi connectivity index (χ2n) is 7.89. The van der Waals surface area contributed by atoms with Gasteiger partial charge < -0.3 is 4.90 Å². The number of hydrogen-bond acceptors (Lipinski definition) is 5. The Morgan fingerprint density at radius 3 is 2.42 bits per heavy atom. The van der Waals surface area contributed by atoms with Gasteiger partial charge in [0, 0.05) is 32.4 Å². The highest BCUT2D eigenvalue weighted by Gasteiger charge is 2.26. The van der Waals surface area contributed by atoms with E-state index in [0.717, 1.165) is 31.2 Å². The number of carbonyl (C=O) groups is 1. The van der Waals surface area contributed by atoms with Crippen LogP contribution in [0.3, 0.4) is 0 Å². The third kappa shape index (κ3) is 6.54. The molecule has 31 heavy (non-hydrogen) atoms. The van der Waals surface area contributed by atoms with Gasteiger partial charge in [-0.3, -0.25) is 4.79 Å². The molecule has 1 aliphatic heterocycles. The van der Waals surface area contributed by atoms with Crippen molar-refractivity contribution in [2.75, 3.05) is 25.4 Å². The summed E-state index contributed by atoms with van der Waals surface area (Å²) in [6.45, 7) is 6.54. The fourth-order valence-corrected chi connectivity index (χ4v) is 5.77. The molecule has 0 N–H and O–H groups in total. The van der Waals surface area contributed by atoms with E-state index in [-0.39, 0.29) is 16.6 Å². The lowest BCUT2D eigenvalue weighted by molar-refractivity contribution is -0.129. The Bertz CT molecular complexity index is 955. The number of aromatic nitrogens is 1. The van der Waals surface area contributed by atoms with Gasteiger partial charge in [-0.2, -0.15) is 4.31 Å². The predicted molar refractivity (Wildman–Crippen MR) is 124 cm³/mol. The molecule has 1 fully saturated rings. The van der Waals surface area contributed by atoms with Crippen molar-refractivity contribution < 1.29 is 13.2 Å². The van der Waals surface area contributed by atoms with E-state index in [4.69, 9.17) is 0 Å². The number of amides is 1. The number of sulfonamides is 1. The minimum absolute atomic E-state index is 0.0549. The second-order valence-corrected chi connectivity index (χ2v) is 10.8. The smallest absolute Gasteiger partial charge is 0.244 e. The van der Waals surface area contributed by atoms with Crippen LogP contribution in [0.5, 0.6) is 0 Å². The van der Waals surface area contributed by atoms with E-state index in [1.807, 2.05) is 11.8 Å². The number of thioether (sulfide) groups is 1. The number of carbonyl (C=O) groups excluding carboxylic acids is 1. The summed E-state index contributed by atoms with van der Waals surface area (Å²) in [4.78, 5) is 19.2.